The number of carbonyl (C=O) groups excluding carboxylic acids is 1. The first-order chi connectivity index (χ1) is 11.2. The molecule has 2 aromatic rings. The summed E-state index contributed by atoms with van der Waals surface area (Å²) in [5, 5.41) is 3.00. The summed E-state index contributed by atoms with van der Waals surface area (Å²) in [7, 11) is 0. The first kappa shape index (κ1) is 14.1. The minimum atomic E-state index is -0.185. The van der Waals surface area contributed by atoms with E-state index >= 15 is 0 Å². The third-order valence-corrected chi connectivity index (χ3v) is 4.35. The Morgan fingerprint density at radius 2 is 2.09 bits per heavy atom. The van der Waals surface area contributed by atoms with Crippen molar-refractivity contribution in [1.29, 1.82) is 0 Å². The van der Waals surface area contributed by atoms with E-state index in [1.54, 1.807) is 6.07 Å². The van der Waals surface area contributed by atoms with Crippen LogP contribution in [-0.2, 0) is 17.6 Å². The van der Waals surface area contributed by atoms with Gasteiger partial charge in [-0.1, -0.05) is 18.2 Å². The number of nitrogens with one attached hydrogen (secondary N) is 1. The summed E-state index contributed by atoms with van der Waals surface area (Å²) in [4.78, 5) is 12.3. The standard InChI is InChI=1S/C18H16FNO3/c19-14-3-1-2-13-12(14)5-6-15(13)20-18(21)9-11-4-7-16-17(8-11)23-10-22-16/h1-4,7-8,15H,5-6,9-10H2,(H,20,21). The highest BCUT2D eigenvalue weighted by Gasteiger charge is 2.26. The van der Waals surface area contributed by atoms with Crippen molar-refractivity contribution in [2.45, 2.75) is 25.3 Å². The lowest BCUT2D eigenvalue weighted by Crippen LogP contribution is -2.28. The van der Waals surface area contributed by atoms with Crippen LogP contribution < -0.4 is 14.8 Å². The molecule has 2 aliphatic rings. The largest absolute Gasteiger partial charge is 0.454 e. The van der Waals surface area contributed by atoms with Crippen LogP contribution in [0.3, 0.4) is 0 Å². The molecule has 1 aliphatic carbocycles. The zero-order valence-electron chi connectivity index (χ0n) is 12.5. The predicted molar refractivity (Wildman–Crippen MR) is 81.9 cm³/mol. The smallest absolute Gasteiger partial charge is 0.231 e. The van der Waals surface area contributed by atoms with Crippen LogP contribution in [0.2, 0.25) is 0 Å². The molecular formula is C18H16FNO3. The van der Waals surface area contributed by atoms with Crippen molar-refractivity contribution in [2.24, 2.45) is 0 Å². The average molecular weight is 313 g/mol. The van der Waals surface area contributed by atoms with Gasteiger partial charge in [0.2, 0.25) is 12.7 Å². The molecule has 1 aliphatic heterocycles. The van der Waals surface area contributed by atoms with Crippen molar-refractivity contribution < 1.29 is 18.7 Å². The molecule has 1 heterocycles. The third-order valence-electron chi connectivity index (χ3n) is 4.35. The van der Waals surface area contributed by atoms with Gasteiger partial charge in [0.15, 0.2) is 11.5 Å². The molecule has 0 aromatic heterocycles. The second kappa shape index (κ2) is 5.57. The number of rotatable bonds is 3. The van der Waals surface area contributed by atoms with Crippen molar-refractivity contribution in [2.75, 3.05) is 6.79 Å². The summed E-state index contributed by atoms with van der Waals surface area (Å²) in [6.45, 7) is 0.218. The Morgan fingerprint density at radius 3 is 3.00 bits per heavy atom. The maximum Gasteiger partial charge on any atom is 0.231 e. The molecule has 0 radical (unpaired) electrons. The Balaban J connectivity index is 1.45. The van der Waals surface area contributed by atoms with Gasteiger partial charge >= 0.3 is 0 Å². The van der Waals surface area contributed by atoms with Gasteiger partial charge in [0, 0.05) is 0 Å². The van der Waals surface area contributed by atoms with E-state index in [1.165, 1.54) is 6.07 Å². The first-order valence-electron chi connectivity index (χ1n) is 7.66. The predicted octanol–water partition coefficient (Wildman–Crippen LogP) is 2.90. The molecule has 5 heteroatoms. The van der Waals surface area contributed by atoms with Crippen molar-refractivity contribution in [3.8, 4) is 11.5 Å². The number of hydrogen-bond acceptors (Lipinski definition) is 3. The second-order valence-corrected chi connectivity index (χ2v) is 5.83. The topological polar surface area (TPSA) is 47.6 Å². The van der Waals surface area contributed by atoms with E-state index in [9.17, 15) is 9.18 Å². The molecule has 0 fully saturated rings. The summed E-state index contributed by atoms with van der Waals surface area (Å²) >= 11 is 0. The fourth-order valence-corrected chi connectivity index (χ4v) is 3.24. The van der Waals surface area contributed by atoms with E-state index < -0.39 is 0 Å². The molecule has 4 rings (SSSR count). The molecule has 23 heavy (non-hydrogen) atoms. The minimum absolute atomic E-state index is 0.0778. The number of fused-ring (bicyclic) bond motifs is 2. The Labute approximate surface area is 133 Å². The Bertz CT molecular complexity index is 775. The molecule has 0 saturated carbocycles. The van der Waals surface area contributed by atoms with Crippen LogP contribution >= 0.6 is 0 Å². The number of halogens is 1. The maximum absolute atomic E-state index is 13.7. The number of amides is 1. The average Bonchev–Trinajstić information content (AvgIpc) is 3.15. The fourth-order valence-electron chi connectivity index (χ4n) is 3.24. The zero-order chi connectivity index (χ0) is 15.8. The summed E-state index contributed by atoms with van der Waals surface area (Å²) in [5.41, 5.74) is 2.48. The molecule has 0 spiro atoms. The first-order valence-corrected chi connectivity index (χ1v) is 7.66. The molecule has 1 unspecified atom stereocenters. The van der Waals surface area contributed by atoms with Crippen molar-refractivity contribution in [3.05, 3.63) is 58.9 Å². The van der Waals surface area contributed by atoms with Gasteiger partial charge in [-0.05, 0) is 47.7 Å². The fraction of sp³-hybridized carbons (Fsp3) is 0.278. The van der Waals surface area contributed by atoms with Gasteiger partial charge in [0.05, 0.1) is 12.5 Å². The monoisotopic (exact) mass is 313 g/mol. The Hall–Kier alpha value is -2.56. The second-order valence-electron chi connectivity index (χ2n) is 5.83. The van der Waals surface area contributed by atoms with E-state index in [-0.39, 0.29) is 31.0 Å². The van der Waals surface area contributed by atoms with Crippen LogP contribution in [-0.4, -0.2) is 12.7 Å². The Morgan fingerprint density at radius 1 is 1.22 bits per heavy atom. The van der Waals surface area contributed by atoms with Gasteiger partial charge in [-0.2, -0.15) is 0 Å². The molecule has 1 amide bonds. The highest BCUT2D eigenvalue weighted by atomic mass is 19.1. The number of carbonyl (C=O) groups is 1. The van der Waals surface area contributed by atoms with Gasteiger partial charge in [0.25, 0.3) is 0 Å². The van der Waals surface area contributed by atoms with E-state index in [2.05, 4.69) is 5.32 Å². The third kappa shape index (κ3) is 2.63. The van der Waals surface area contributed by atoms with E-state index in [0.29, 0.717) is 17.9 Å². The Kier molecular flexibility index (Phi) is 3.41. The summed E-state index contributed by atoms with van der Waals surface area (Å²) in [6, 6.07) is 10.4. The normalized spacial score (nSPS) is 17.9. The lowest BCUT2D eigenvalue weighted by molar-refractivity contribution is -0.121. The molecule has 4 nitrogen and oxygen atoms in total. The van der Waals surface area contributed by atoms with Crippen LogP contribution in [0.25, 0.3) is 0 Å². The number of benzene rings is 2. The van der Waals surface area contributed by atoms with Crippen LogP contribution in [0.15, 0.2) is 36.4 Å². The van der Waals surface area contributed by atoms with Gasteiger partial charge in [-0.25, -0.2) is 4.39 Å². The van der Waals surface area contributed by atoms with Crippen molar-refractivity contribution >= 4 is 5.91 Å². The van der Waals surface area contributed by atoms with Gasteiger partial charge < -0.3 is 14.8 Å². The van der Waals surface area contributed by atoms with Crippen LogP contribution in [0, 0.1) is 5.82 Å². The number of hydrogen-bond donors (Lipinski definition) is 1. The summed E-state index contributed by atoms with van der Waals surface area (Å²) < 4.78 is 24.3. The van der Waals surface area contributed by atoms with E-state index in [0.717, 1.165) is 23.1 Å². The summed E-state index contributed by atoms with van der Waals surface area (Å²) in [5.74, 6) is 1.11. The quantitative estimate of drug-likeness (QED) is 0.948. The SMILES string of the molecule is O=C(Cc1ccc2c(c1)OCO2)NC1CCc2c(F)cccc21. The van der Waals surface area contributed by atoms with E-state index in [1.807, 2.05) is 24.3 Å². The molecule has 118 valence electrons. The molecule has 0 saturated heterocycles. The van der Waals surface area contributed by atoms with Gasteiger partial charge in [-0.3, -0.25) is 4.79 Å². The van der Waals surface area contributed by atoms with Crippen LogP contribution in [0.4, 0.5) is 4.39 Å². The van der Waals surface area contributed by atoms with Gasteiger partial charge in [0.1, 0.15) is 5.82 Å². The zero-order valence-corrected chi connectivity index (χ0v) is 12.5. The lowest BCUT2D eigenvalue weighted by atomic mass is 10.1. The maximum atomic E-state index is 13.7. The molecule has 2 aromatic carbocycles. The molecule has 0 bridgehead atoms. The van der Waals surface area contributed by atoms with Crippen molar-refractivity contribution in [1.82, 2.24) is 5.32 Å². The van der Waals surface area contributed by atoms with Crippen molar-refractivity contribution in [3.63, 3.8) is 0 Å². The highest BCUT2D eigenvalue weighted by molar-refractivity contribution is 5.79. The van der Waals surface area contributed by atoms with Crippen LogP contribution in [0.1, 0.15) is 29.2 Å². The molecule has 1 atom stereocenters. The number of ether oxygens (including phenoxy) is 2. The summed E-state index contributed by atoms with van der Waals surface area (Å²) in [6.07, 6.45) is 1.66. The van der Waals surface area contributed by atoms with Crippen LogP contribution in [0.5, 0.6) is 11.5 Å². The van der Waals surface area contributed by atoms with Gasteiger partial charge in [-0.15, -0.1) is 0 Å². The molecule has 1 N–H and O–H groups in total. The minimum Gasteiger partial charge on any atom is -0.454 e. The molecular weight excluding hydrogens is 297 g/mol. The lowest BCUT2D eigenvalue weighted by Gasteiger charge is -2.14. The highest BCUT2D eigenvalue weighted by Crippen LogP contribution is 2.34. The van der Waals surface area contributed by atoms with E-state index in [4.69, 9.17) is 9.47 Å².